The maximum Gasteiger partial charge on any atom is 0.126 e. The molecule has 21 heavy (non-hydrogen) atoms. The van der Waals surface area contributed by atoms with Gasteiger partial charge in [0.1, 0.15) is 5.78 Å². The van der Waals surface area contributed by atoms with Crippen LogP contribution in [0.5, 0.6) is 0 Å². The molecule has 5 heteroatoms. The number of ketones is 1. The maximum absolute atomic E-state index is 9.44. The quantitative estimate of drug-likeness (QED) is 0.712. The van der Waals surface area contributed by atoms with E-state index in [9.17, 15) is 4.79 Å². The molecule has 1 saturated heterocycles. The Bertz CT molecular complexity index is 277. The zero-order chi connectivity index (χ0) is 16.9. The highest BCUT2D eigenvalue weighted by Crippen LogP contribution is 1.98. The van der Waals surface area contributed by atoms with Gasteiger partial charge in [0.15, 0.2) is 0 Å². The van der Waals surface area contributed by atoms with Crippen LogP contribution in [0.2, 0.25) is 0 Å². The monoisotopic (exact) mass is 338 g/mol. The third-order valence-corrected chi connectivity index (χ3v) is 1.77. The summed E-state index contributed by atoms with van der Waals surface area (Å²) in [7, 11) is 1.00. The van der Waals surface area contributed by atoms with Crippen LogP contribution in [-0.2, 0) is 9.53 Å². The average molecular weight is 339 g/mol. The summed E-state index contributed by atoms with van der Waals surface area (Å²) in [5.74, 6) is 0.167. The van der Waals surface area contributed by atoms with E-state index >= 15 is 0 Å². The van der Waals surface area contributed by atoms with E-state index in [1.165, 1.54) is 32.3 Å². The lowest BCUT2D eigenvalue weighted by atomic mass is 10.2. The molecule has 3 nitrogen and oxygen atoms in total. The summed E-state index contributed by atoms with van der Waals surface area (Å²) in [6.07, 6.45) is 2.56. The van der Waals surface area contributed by atoms with Gasteiger partial charge in [-0.1, -0.05) is 35.9 Å². The Morgan fingerprint density at radius 3 is 1.57 bits per heavy atom. The number of rotatable bonds is 0. The Kier molecular flexibility index (Phi) is 29.5. The molecule has 1 aliphatic heterocycles. The van der Waals surface area contributed by atoms with E-state index in [4.69, 9.17) is 33.0 Å². The number of carbonyl (C=O) groups excluding carboxylic acids is 1. The van der Waals surface area contributed by atoms with E-state index in [1.54, 1.807) is 0 Å². The van der Waals surface area contributed by atoms with Crippen LogP contribution in [0.15, 0.2) is 30.3 Å². The molecular formula is C16H28Cl2O3. The van der Waals surface area contributed by atoms with Crippen molar-refractivity contribution < 1.29 is 14.6 Å². The molecule has 0 atom stereocenters. The Morgan fingerprint density at radius 2 is 1.43 bits per heavy atom. The lowest BCUT2D eigenvalue weighted by Gasteiger charge is -1.82. The van der Waals surface area contributed by atoms with Gasteiger partial charge < -0.3 is 14.6 Å². The van der Waals surface area contributed by atoms with Crippen LogP contribution in [-0.4, -0.2) is 36.6 Å². The highest BCUT2D eigenvalue weighted by atomic mass is 35.5. The highest BCUT2D eigenvalue weighted by Gasteiger charge is 1.94. The van der Waals surface area contributed by atoms with Crippen LogP contribution < -0.4 is 0 Å². The molecule has 2 rings (SSSR count). The first kappa shape index (κ1) is 25.3. The van der Waals surface area contributed by atoms with Gasteiger partial charge in [-0.15, -0.1) is 23.2 Å². The van der Waals surface area contributed by atoms with Crippen LogP contribution in [0.25, 0.3) is 0 Å². The molecule has 0 amide bonds. The average Bonchev–Trinajstić information content (AvgIpc) is 3.01. The van der Waals surface area contributed by atoms with Gasteiger partial charge in [-0.3, -0.25) is 0 Å². The molecule has 0 aliphatic carbocycles. The zero-order valence-electron chi connectivity index (χ0n) is 13.4. The number of hydrogen-bond donors (Lipinski definition) is 1. The van der Waals surface area contributed by atoms with E-state index in [-0.39, 0.29) is 11.1 Å². The Morgan fingerprint density at radius 1 is 1.10 bits per heavy atom. The number of carbonyl (C=O) groups is 1. The fraction of sp³-hybridized carbons (Fsp3) is 0.562. The number of benzene rings is 1. The summed E-state index contributed by atoms with van der Waals surface area (Å²) in [6, 6.07) is 10.3. The Hall–Kier alpha value is -0.610. The van der Waals surface area contributed by atoms with Crippen molar-refractivity contribution in [2.45, 2.75) is 33.6 Å². The molecule has 1 N–H and O–H groups in total. The molecule has 1 fully saturated rings. The van der Waals surface area contributed by atoms with Crippen molar-refractivity contribution >= 4 is 29.0 Å². The number of aryl methyl sites for hydroxylation is 1. The lowest BCUT2D eigenvalue weighted by molar-refractivity contribution is -0.114. The second kappa shape index (κ2) is 24.4. The summed E-state index contributed by atoms with van der Waals surface area (Å²) in [5.41, 5.74) is 1.32. The fourth-order valence-electron chi connectivity index (χ4n) is 1.04. The topological polar surface area (TPSA) is 46.5 Å². The van der Waals surface area contributed by atoms with Crippen LogP contribution in [0.1, 0.15) is 32.3 Å². The van der Waals surface area contributed by atoms with Crippen molar-refractivity contribution in [1.82, 2.24) is 0 Å². The van der Waals surface area contributed by atoms with Gasteiger partial charge in [-0.2, -0.15) is 0 Å². The van der Waals surface area contributed by atoms with E-state index in [0.29, 0.717) is 0 Å². The molecule has 0 bridgehead atoms. The number of hydrogen-bond acceptors (Lipinski definition) is 3. The summed E-state index contributed by atoms with van der Waals surface area (Å²) in [6.45, 7) is 7.14. The van der Waals surface area contributed by atoms with Gasteiger partial charge in [0, 0.05) is 20.3 Å². The minimum absolute atomic E-state index is 0.167. The van der Waals surface area contributed by atoms with Gasteiger partial charge in [-0.25, -0.2) is 0 Å². The molecular weight excluding hydrogens is 311 g/mol. The van der Waals surface area contributed by atoms with E-state index in [1.807, 2.05) is 18.2 Å². The third kappa shape index (κ3) is 38.2. The predicted octanol–water partition coefficient (Wildman–Crippen LogP) is 4.42. The molecule has 1 aromatic carbocycles. The van der Waals surface area contributed by atoms with E-state index < -0.39 is 0 Å². The van der Waals surface area contributed by atoms with Crippen LogP contribution in [0, 0.1) is 6.92 Å². The van der Waals surface area contributed by atoms with Gasteiger partial charge >= 0.3 is 0 Å². The SMILES string of the molecule is C1CCOC1.CC(C)=O.CO.Cc1ccccc1.ClCCl. The van der Waals surface area contributed by atoms with Crippen molar-refractivity contribution in [3.63, 3.8) is 0 Å². The number of Topliss-reactive ketones (excluding diaryl/α,β-unsaturated/α-hetero) is 1. The Balaban J connectivity index is -0.000000207. The van der Waals surface area contributed by atoms with Crippen molar-refractivity contribution in [3.05, 3.63) is 35.9 Å². The first-order chi connectivity index (χ1) is 10.0. The molecule has 0 unspecified atom stereocenters. The molecule has 1 aromatic rings. The van der Waals surface area contributed by atoms with Crippen LogP contribution in [0.4, 0.5) is 0 Å². The van der Waals surface area contributed by atoms with Gasteiger partial charge in [0.25, 0.3) is 0 Å². The first-order valence-corrected chi connectivity index (χ1v) is 7.74. The Labute approximate surface area is 139 Å². The maximum atomic E-state index is 9.44. The lowest BCUT2D eigenvalue weighted by Crippen LogP contribution is -1.74. The first-order valence-electron chi connectivity index (χ1n) is 6.67. The molecule has 1 heterocycles. The van der Waals surface area contributed by atoms with E-state index in [0.717, 1.165) is 20.3 Å². The van der Waals surface area contributed by atoms with Gasteiger partial charge in [-0.05, 0) is 33.6 Å². The summed E-state index contributed by atoms with van der Waals surface area (Å²) >= 11 is 9.53. The van der Waals surface area contributed by atoms with Gasteiger partial charge in [0.2, 0.25) is 0 Å². The second-order valence-electron chi connectivity index (χ2n) is 3.98. The molecule has 124 valence electrons. The fourth-order valence-corrected chi connectivity index (χ4v) is 1.04. The number of halogens is 2. The second-order valence-corrected chi connectivity index (χ2v) is 4.79. The summed E-state index contributed by atoms with van der Waals surface area (Å²) in [4.78, 5) is 9.44. The van der Waals surface area contributed by atoms with Crippen molar-refractivity contribution in [1.29, 1.82) is 0 Å². The van der Waals surface area contributed by atoms with Crippen LogP contribution in [0.3, 0.4) is 0 Å². The van der Waals surface area contributed by atoms with Gasteiger partial charge in [0.05, 0.1) is 5.34 Å². The largest absolute Gasteiger partial charge is 0.400 e. The van der Waals surface area contributed by atoms with Crippen LogP contribution >= 0.6 is 23.2 Å². The standard InChI is InChI=1S/C7H8.C4H8O.C3H6O.CH2Cl2.CH4O/c1-7-5-3-2-4-6-7;1-2-4-5-3-1;1-3(2)4;2-1-3;1-2/h2-6H,1H3;1-4H2;1-2H3;1H2;2H,1H3. The third-order valence-electron chi connectivity index (χ3n) is 1.77. The van der Waals surface area contributed by atoms with Crippen molar-refractivity contribution in [2.24, 2.45) is 0 Å². The molecule has 0 radical (unpaired) electrons. The number of ether oxygens (including phenoxy) is 1. The number of aliphatic hydroxyl groups excluding tert-OH is 1. The normalized spacial score (nSPS) is 11.0. The minimum atomic E-state index is 0.167. The summed E-state index contributed by atoms with van der Waals surface area (Å²) in [5, 5.41) is 7.19. The zero-order valence-corrected chi connectivity index (χ0v) is 15.0. The highest BCUT2D eigenvalue weighted by molar-refractivity contribution is 6.40. The molecule has 1 aliphatic rings. The summed E-state index contributed by atoms with van der Waals surface area (Å²) < 4.78 is 4.94. The minimum Gasteiger partial charge on any atom is -0.400 e. The number of alkyl halides is 2. The van der Waals surface area contributed by atoms with Crippen molar-refractivity contribution in [2.75, 3.05) is 25.7 Å². The molecule has 0 spiro atoms. The van der Waals surface area contributed by atoms with Crippen molar-refractivity contribution in [3.8, 4) is 0 Å². The number of aliphatic hydroxyl groups is 1. The predicted molar refractivity (Wildman–Crippen MR) is 92.3 cm³/mol. The smallest absolute Gasteiger partial charge is 0.126 e. The van der Waals surface area contributed by atoms with E-state index in [2.05, 4.69) is 19.1 Å². The molecule has 0 aromatic heterocycles. The molecule has 0 saturated carbocycles.